The number of methoxy groups -OCH3 is 1. The summed E-state index contributed by atoms with van der Waals surface area (Å²) < 4.78 is 6.81. The second kappa shape index (κ2) is 4.08. The number of carbonyl (C=O) groups excluding carboxylic acids is 1. The van der Waals surface area contributed by atoms with E-state index in [2.05, 4.69) is 20.9 Å². The molecule has 2 rings (SSSR count). The van der Waals surface area contributed by atoms with E-state index in [1.807, 2.05) is 6.07 Å². The first kappa shape index (κ1) is 10.9. The molecule has 78 valence electrons. The summed E-state index contributed by atoms with van der Waals surface area (Å²) in [7, 11) is 1.58. The monoisotopic (exact) mass is 305 g/mol. The molecule has 1 heterocycles. The average molecular weight is 307 g/mol. The van der Waals surface area contributed by atoms with Gasteiger partial charge in [0, 0.05) is 6.07 Å². The van der Waals surface area contributed by atoms with Crippen molar-refractivity contribution in [3.05, 3.63) is 21.6 Å². The van der Waals surface area contributed by atoms with Gasteiger partial charge in [-0.25, -0.2) is 4.98 Å². The third-order valence-corrected chi connectivity index (χ3v) is 3.76. The lowest BCUT2D eigenvalue weighted by atomic mass is 10.3. The SMILES string of the molecule is COc1cc2sc(C(=O)Cl)nc2cc1Br. The maximum Gasteiger partial charge on any atom is 0.281 e. The number of fused-ring (bicyclic) bond motifs is 1. The fourth-order valence-electron chi connectivity index (χ4n) is 1.17. The maximum atomic E-state index is 10.9. The molecule has 0 N–H and O–H groups in total. The van der Waals surface area contributed by atoms with Crippen molar-refractivity contribution in [2.24, 2.45) is 0 Å². The predicted molar refractivity (Wildman–Crippen MR) is 64.1 cm³/mol. The summed E-state index contributed by atoms with van der Waals surface area (Å²) in [6.07, 6.45) is 0. The molecule has 0 aliphatic heterocycles. The van der Waals surface area contributed by atoms with E-state index in [-0.39, 0.29) is 0 Å². The van der Waals surface area contributed by atoms with Gasteiger partial charge in [0.15, 0.2) is 5.01 Å². The molecule has 2 aromatic rings. The minimum atomic E-state index is -0.536. The molecule has 6 heteroatoms. The zero-order chi connectivity index (χ0) is 11.0. The van der Waals surface area contributed by atoms with E-state index in [1.54, 1.807) is 13.2 Å². The normalized spacial score (nSPS) is 10.6. The van der Waals surface area contributed by atoms with Crippen molar-refractivity contribution in [1.29, 1.82) is 0 Å². The molecular weight excluding hydrogens is 302 g/mol. The van der Waals surface area contributed by atoms with Crippen molar-refractivity contribution in [3.8, 4) is 5.75 Å². The zero-order valence-electron chi connectivity index (χ0n) is 7.58. The van der Waals surface area contributed by atoms with Crippen LogP contribution in [0.25, 0.3) is 10.2 Å². The molecule has 0 unspecified atom stereocenters. The fraction of sp³-hybridized carbons (Fsp3) is 0.111. The molecule has 0 aliphatic rings. The number of carbonyl (C=O) groups is 1. The van der Waals surface area contributed by atoms with Crippen LogP contribution < -0.4 is 4.74 Å². The Morgan fingerprint density at radius 2 is 2.33 bits per heavy atom. The Morgan fingerprint density at radius 3 is 2.93 bits per heavy atom. The summed E-state index contributed by atoms with van der Waals surface area (Å²) in [5.74, 6) is 0.708. The Hall–Kier alpha value is -0.650. The minimum absolute atomic E-state index is 0.298. The first-order chi connectivity index (χ1) is 7.11. The van der Waals surface area contributed by atoms with Gasteiger partial charge in [-0.3, -0.25) is 4.79 Å². The van der Waals surface area contributed by atoms with Gasteiger partial charge in [0.2, 0.25) is 0 Å². The average Bonchev–Trinajstić information content (AvgIpc) is 2.59. The minimum Gasteiger partial charge on any atom is -0.496 e. The fourth-order valence-corrected chi connectivity index (χ4v) is 2.63. The number of thiazole rings is 1. The number of aromatic nitrogens is 1. The van der Waals surface area contributed by atoms with Crippen LogP contribution in [0.3, 0.4) is 0 Å². The molecule has 0 spiro atoms. The summed E-state index contributed by atoms with van der Waals surface area (Å²) in [6, 6.07) is 3.62. The molecule has 0 bridgehead atoms. The van der Waals surface area contributed by atoms with E-state index in [0.29, 0.717) is 10.8 Å². The molecule has 15 heavy (non-hydrogen) atoms. The highest BCUT2D eigenvalue weighted by molar-refractivity contribution is 9.10. The highest BCUT2D eigenvalue weighted by atomic mass is 79.9. The highest BCUT2D eigenvalue weighted by Crippen LogP contribution is 2.33. The number of hydrogen-bond acceptors (Lipinski definition) is 4. The topological polar surface area (TPSA) is 39.2 Å². The summed E-state index contributed by atoms with van der Waals surface area (Å²) in [5.41, 5.74) is 0.733. The van der Waals surface area contributed by atoms with Crippen molar-refractivity contribution < 1.29 is 9.53 Å². The van der Waals surface area contributed by atoms with Crippen molar-refractivity contribution in [1.82, 2.24) is 4.98 Å². The lowest BCUT2D eigenvalue weighted by Gasteiger charge is -2.01. The number of rotatable bonds is 2. The van der Waals surface area contributed by atoms with Crippen LogP contribution in [0.5, 0.6) is 5.75 Å². The lowest BCUT2D eigenvalue weighted by molar-refractivity contribution is 0.108. The third-order valence-electron chi connectivity index (χ3n) is 1.83. The molecule has 3 nitrogen and oxygen atoms in total. The first-order valence-electron chi connectivity index (χ1n) is 3.95. The van der Waals surface area contributed by atoms with Gasteiger partial charge in [-0.1, -0.05) is 0 Å². The highest BCUT2D eigenvalue weighted by Gasteiger charge is 2.12. The van der Waals surface area contributed by atoms with Crippen LogP contribution in [0.1, 0.15) is 9.80 Å². The van der Waals surface area contributed by atoms with Crippen LogP contribution >= 0.6 is 38.9 Å². The van der Waals surface area contributed by atoms with E-state index in [1.165, 1.54) is 11.3 Å². The standard InChI is InChI=1S/C9H5BrClNO2S/c1-14-6-3-7-5(2-4(6)10)12-9(15-7)8(11)13/h2-3H,1H3. The zero-order valence-corrected chi connectivity index (χ0v) is 10.7. The van der Waals surface area contributed by atoms with Gasteiger partial charge in [0.1, 0.15) is 5.75 Å². The van der Waals surface area contributed by atoms with Gasteiger partial charge < -0.3 is 4.74 Å². The maximum absolute atomic E-state index is 10.9. The van der Waals surface area contributed by atoms with Crippen molar-refractivity contribution in [3.63, 3.8) is 0 Å². The third kappa shape index (κ3) is 2.00. The molecule has 0 fully saturated rings. The van der Waals surface area contributed by atoms with Gasteiger partial charge in [-0.05, 0) is 33.6 Å². The number of hydrogen-bond donors (Lipinski definition) is 0. The van der Waals surface area contributed by atoms with Gasteiger partial charge in [0.25, 0.3) is 5.24 Å². The van der Waals surface area contributed by atoms with Crippen molar-refractivity contribution in [2.45, 2.75) is 0 Å². The largest absolute Gasteiger partial charge is 0.496 e. The van der Waals surface area contributed by atoms with E-state index in [4.69, 9.17) is 16.3 Å². The Bertz CT molecular complexity index is 540. The second-order valence-corrected chi connectivity index (χ2v) is 4.98. The van der Waals surface area contributed by atoms with Crippen LogP contribution in [0.15, 0.2) is 16.6 Å². The van der Waals surface area contributed by atoms with Crippen LogP contribution in [0.4, 0.5) is 0 Å². The molecule has 0 aliphatic carbocycles. The summed E-state index contributed by atoms with van der Waals surface area (Å²) >= 11 is 9.95. The van der Waals surface area contributed by atoms with Gasteiger partial charge >= 0.3 is 0 Å². The van der Waals surface area contributed by atoms with Gasteiger partial charge in [-0.15, -0.1) is 11.3 Å². The number of nitrogens with zero attached hydrogens (tertiary/aromatic N) is 1. The van der Waals surface area contributed by atoms with Gasteiger partial charge in [0.05, 0.1) is 21.8 Å². The summed E-state index contributed by atoms with van der Waals surface area (Å²) in [5, 5.41) is -0.238. The Kier molecular flexibility index (Phi) is 2.95. The Balaban J connectivity index is 2.66. The predicted octanol–water partition coefficient (Wildman–Crippen LogP) is 3.45. The Morgan fingerprint density at radius 1 is 1.60 bits per heavy atom. The summed E-state index contributed by atoms with van der Waals surface area (Å²) in [4.78, 5) is 15.0. The van der Waals surface area contributed by atoms with E-state index in [9.17, 15) is 4.79 Å². The first-order valence-corrected chi connectivity index (χ1v) is 5.94. The van der Waals surface area contributed by atoms with Crippen LogP contribution in [-0.2, 0) is 0 Å². The number of halogens is 2. The van der Waals surface area contributed by atoms with Gasteiger partial charge in [-0.2, -0.15) is 0 Å². The molecule has 0 saturated heterocycles. The molecule has 0 saturated carbocycles. The van der Waals surface area contributed by atoms with E-state index in [0.717, 1.165) is 14.7 Å². The Labute approximate surface area is 103 Å². The van der Waals surface area contributed by atoms with E-state index >= 15 is 0 Å². The number of ether oxygens (including phenoxy) is 1. The lowest BCUT2D eigenvalue weighted by Crippen LogP contribution is -1.85. The second-order valence-electron chi connectivity index (χ2n) is 2.75. The smallest absolute Gasteiger partial charge is 0.281 e. The molecule has 1 aromatic heterocycles. The summed E-state index contributed by atoms with van der Waals surface area (Å²) in [6.45, 7) is 0. The van der Waals surface area contributed by atoms with E-state index < -0.39 is 5.24 Å². The number of benzene rings is 1. The van der Waals surface area contributed by atoms with Crippen molar-refractivity contribution in [2.75, 3.05) is 7.11 Å². The van der Waals surface area contributed by atoms with Crippen LogP contribution in [-0.4, -0.2) is 17.3 Å². The molecule has 0 amide bonds. The molecule has 1 aromatic carbocycles. The van der Waals surface area contributed by atoms with Crippen molar-refractivity contribution >= 4 is 54.3 Å². The molecule has 0 radical (unpaired) electrons. The quantitative estimate of drug-likeness (QED) is 0.798. The van der Waals surface area contributed by atoms with Crippen LogP contribution in [0.2, 0.25) is 0 Å². The molecule has 0 atom stereocenters. The van der Waals surface area contributed by atoms with Crippen LogP contribution in [0, 0.1) is 0 Å². The molecular formula is C9H5BrClNO2S.